The number of amides is 1. The number of aromatic amines is 1. The third-order valence-corrected chi connectivity index (χ3v) is 4.99. The van der Waals surface area contributed by atoms with E-state index >= 15 is 0 Å². The Kier molecular flexibility index (Phi) is 4.11. The van der Waals surface area contributed by atoms with E-state index in [0.29, 0.717) is 16.7 Å². The third kappa shape index (κ3) is 3.46. The smallest absolute Gasteiger partial charge is 0.240 e. The van der Waals surface area contributed by atoms with Gasteiger partial charge in [-0.2, -0.15) is 0 Å². The summed E-state index contributed by atoms with van der Waals surface area (Å²) in [4.78, 5) is 18.9. The molecule has 3 aromatic rings. The summed E-state index contributed by atoms with van der Waals surface area (Å²) in [5.74, 6) is -1.27. The van der Waals surface area contributed by atoms with Crippen molar-refractivity contribution in [3.63, 3.8) is 0 Å². The zero-order chi connectivity index (χ0) is 17.3. The summed E-state index contributed by atoms with van der Waals surface area (Å²) in [5.41, 5.74) is 3.79. The van der Waals surface area contributed by atoms with Crippen molar-refractivity contribution in [2.75, 3.05) is 11.1 Å². The molecule has 0 fully saturated rings. The zero-order valence-corrected chi connectivity index (χ0v) is 14.1. The van der Waals surface area contributed by atoms with Gasteiger partial charge in [-0.3, -0.25) is 4.79 Å². The van der Waals surface area contributed by atoms with Gasteiger partial charge in [0.25, 0.3) is 0 Å². The lowest BCUT2D eigenvalue weighted by molar-refractivity contribution is -0.113. The Bertz CT molecular complexity index is 1010. The van der Waals surface area contributed by atoms with E-state index in [4.69, 9.17) is 0 Å². The number of aromatic nitrogens is 2. The molecule has 2 aromatic carbocycles. The van der Waals surface area contributed by atoms with Crippen LogP contribution in [-0.4, -0.2) is 30.0 Å². The monoisotopic (exact) mass is 343 g/mol. The number of hydrogen-bond donors (Lipinski definition) is 2. The molecule has 1 heterocycles. The third-order valence-electron chi connectivity index (χ3n) is 3.57. The fourth-order valence-electron chi connectivity index (χ4n) is 2.32. The van der Waals surface area contributed by atoms with Crippen LogP contribution in [0.5, 0.6) is 0 Å². The highest BCUT2D eigenvalue weighted by Crippen LogP contribution is 2.17. The Labute approximate surface area is 139 Å². The molecule has 0 spiro atoms. The fourth-order valence-corrected chi connectivity index (χ4v) is 3.38. The molecule has 3 rings (SSSR count). The van der Waals surface area contributed by atoms with E-state index in [2.05, 4.69) is 15.3 Å². The van der Waals surface area contributed by atoms with Crippen LogP contribution in [0.4, 0.5) is 5.69 Å². The molecule has 0 saturated heterocycles. The second-order valence-corrected chi connectivity index (χ2v) is 7.64. The van der Waals surface area contributed by atoms with Gasteiger partial charge in [-0.15, -0.1) is 0 Å². The van der Waals surface area contributed by atoms with Crippen LogP contribution in [0.25, 0.3) is 11.0 Å². The van der Waals surface area contributed by atoms with E-state index in [9.17, 15) is 13.2 Å². The Hall–Kier alpha value is -2.67. The van der Waals surface area contributed by atoms with Crippen molar-refractivity contribution in [2.24, 2.45) is 0 Å². The van der Waals surface area contributed by atoms with Gasteiger partial charge in [0, 0.05) is 5.69 Å². The lowest BCUT2D eigenvalue weighted by Gasteiger charge is -2.05. The number of carbonyl (C=O) groups is 1. The lowest BCUT2D eigenvalue weighted by atomic mass is 10.2. The molecule has 6 nitrogen and oxygen atoms in total. The van der Waals surface area contributed by atoms with Crippen LogP contribution >= 0.6 is 0 Å². The number of H-pyrrole nitrogens is 1. The quantitative estimate of drug-likeness (QED) is 0.761. The van der Waals surface area contributed by atoms with E-state index < -0.39 is 21.5 Å². The number of rotatable bonds is 4. The minimum atomic E-state index is -3.84. The SMILES string of the molecule is Cc1ccc(NC(=O)CS(=O)(=O)c2nc3ccc(C)cc3[nH]2)cc1. The van der Waals surface area contributed by atoms with Crippen LogP contribution in [0, 0.1) is 13.8 Å². The van der Waals surface area contributed by atoms with Gasteiger partial charge in [0.15, 0.2) is 0 Å². The van der Waals surface area contributed by atoms with Crippen molar-refractivity contribution < 1.29 is 13.2 Å². The predicted octanol–water partition coefficient (Wildman–Crippen LogP) is 2.59. The topological polar surface area (TPSA) is 91.9 Å². The van der Waals surface area contributed by atoms with Gasteiger partial charge in [-0.25, -0.2) is 13.4 Å². The van der Waals surface area contributed by atoms with Crippen molar-refractivity contribution in [3.05, 3.63) is 53.6 Å². The molecule has 1 aromatic heterocycles. The maximum atomic E-state index is 12.4. The van der Waals surface area contributed by atoms with E-state index in [0.717, 1.165) is 11.1 Å². The summed E-state index contributed by atoms with van der Waals surface area (Å²) < 4.78 is 24.8. The maximum absolute atomic E-state index is 12.4. The van der Waals surface area contributed by atoms with Gasteiger partial charge in [-0.05, 0) is 43.7 Å². The first-order valence-electron chi connectivity index (χ1n) is 7.39. The van der Waals surface area contributed by atoms with Crippen molar-refractivity contribution in [1.29, 1.82) is 0 Å². The normalized spacial score (nSPS) is 11.6. The summed E-state index contributed by atoms with van der Waals surface area (Å²) in [6.07, 6.45) is 0. The summed E-state index contributed by atoms with van der Waals surface area (Å²) in [6.45, 7) is 3.84. The second kappa shape index (κ2) is 6.09. The standard InChI is InChI=1S/C17H17N3O3S/c1-11-3-6-13(7-4-11)18-16(21)10-24(22,23)17-19-14-8-5-12(2)9-15(14)20-17/h3-9H,10H2,1-2H3,(H,18,21)(H,19,20). The highest BCUT2D eigenvalue weighted by Gasteiger charge is 2.23. The molecule has 0 saturated carbocycles. The average molecular weight is 343 g/mol. The molecule has 0 aliphatic rings. The Morgan fingerprint density at radius 2 is 1.75 bits per heavy atom. The molecule has 7 heteroatoms. The molecule has 0 aliphatic heterocycles. The Balaban J connectivity index is 1.79. The van der Waals surface area contributed by atoms with Crippen molar-refractivity contribution in [2.45, 2.75) is 19.0 Å². The summed E-state index contributed by atoms with van der Waals surface area (Å²) in [6, 6.07) is 12.5. The van der Waals surface area contributed by atoms with Gasteiger partial charge in [0.2, 0.25) is 20.9 Å². The van der Waals surface area contributed by atoms with Crippen LogP contribution in [0.2, 0.25) is 0 Å². The van der Waals surface area contributed by atoms with E-state index in [1.807, 2.05) is 38.1 Å². The molecule has 124 valence electrons. The van der Waals surface area contributed by atoms with Gasteiger partial charge >= 0.3 is 0 Å². The highest BCUT2D eigenvalue weighted by molar-refractivity contribution is 7.92. The van der Waals surface area contributed by atoms with E-state index in [1.165, 1.54) is 0 Å². The van der Waals surface area contributed by atoms with Crippen molar-refractivity contribution in [1.82, 2.24) is 9.97 Å². The van der Waals surface area contributed by atoms with E-state index in [1.54, 1.807) is 18.2 Å². The molecule has 2 N–H and O–H groups in total. The van der Waals surface area contributed by atoms with Crippen LogP contribution in [0.1, 0.15) is 11.1 Å². The molecule has 0 unspecified atom stereocenters. The number of nitrogens with zero attached hydrogens (tertiary/aromatic N) is 1. The molecule has 0 bridgehead atoms. The number of sulfone groups is 1. The molecule has 1 amide bonds. The fraction of sp³-hybridized carbons (Fsp3) is 0.176. The molecule has 0 aliphatic carbocycles. The number of hydrogen-bond acceptors (Lipinski definition) is 4. The Morgan fingerprint density at radius 3 is 2.46 bits per heavy atom. The first kappa shape index (κ1) is 16.2. The second-order valence-electron chi connectivity index (χ2n) is 5.74. The molecular weight excluding hydrogens is 326 g/mol. The van der Waals surface area contributed by atoms with Crippen LogP contribution in [-0.2, 0) is 14.6 Å². The lowest BCUT2D eigenvalue weighted by Crippen LogP contribution is -2.23. The van der Waals surface area contributed by atoms with Gasteiger partial charge < -0.3 is 10.3 Å². The minimum Gasteiger partial charge on any atom is -0.329 e. The summed E-state index contributed by atoms with van der Waals surface area (Å²) in [5, 5.41) is 2.39. The molecule has 24 heavy (non-hydrogen) atoms. The number of anilines is 1. The average Bonchev–Trinajstić information content (AvgIpc) is 2.93. The minimum absolute atomic E-state index is 0.192. The highest BCUT2D eigenvalue weighted by atomic mass is 32.2. The van der Waals surface area contributed by atoms with Gasteiger partial charge in [0.05, 0.1) is 11.0 Å². The Morgan fingerprint density at radius 1 is 1.08 bits per heavy atom. The first-order chi connectivity index (χ1) is 11.3. The van der Waals surface area contributed by atoms with Crippen LogP contribution in [0.15, 0.2) is 47.6 Å². The van der Waals surface area contributed by atoms with Crippen LogP contribution in [0.3, 0.4) is 0 Å². The summed E-state index contributed by atoms with van der Waals surface area (Å²) in [7, 11) is -3.84. The molecular formula is C17H17N3O3S. The number of nitrogens with one attached hydrogen (secondary N) is 2. The van der Waals surface area contributed by atoms with Gasteiger partial charge in [-0.1, -0.05) is 23.8 Å². The number of aryl methyl sites for hydroxylation is 2. The number of imidazole rings is 1. The van der Waals surface area contributed by atoms with Gasteiger partial charge in [0.1, 0.15) is 5.75 Å². The molecule has 0 radical (unpaired) electrons. The summed E-state index contributed by atoms with van der Waals surface area (Å²) >= 11 is 0. The maximum Gasteiger partial charge on any atom is 0.240 e. The van der Waals surface area contributed by atoms with E-state index in [-0.39, 0.29) is 5.16 Å². The number of benzene rings is 2. The van der Waals surface area contributed by atoms with Crippen LogP contribution < -0.4 is 5.32 Å². The van der Waals surface area contributed by atoms with Crippen molar-refractivity contribution in [3.8, 4) is 0 Å². The zero-order valence-electron chi connectivity index (χ0n) is 13.3. The number of fused-ring (bicyclic) bond motifs is 1. The van der Waals surface area contributed by atoms with Crippen molar-refractivity contribution >= 4 is 32.5 Å². The number of carbonyl (C=O) groups excluding carboxylic acids is 1. The molecule has 0 atom stereocenters. The predicted molar refractivity (Wildman–Crippen MR) is 92.7 cm³/mol. The first-order valence-corrected chi connectivity index (χ1v) is 9.04. The largest absolute Gasteiger partial charge is 0.329 e.